The van der Waals surface area contributed by atoms with Crippen LogP contribution in [-0.4, -0.2) is 38.7 Å². The van der Waals surface area contributed by atoms with Gasteiger partial charge in [-0.25, -0.2) is 0 Å². The molecule has 0 bridgehead atoms. The van der Waals surface area contributed by atoms with Gasteiger partial charge in [-0.2, -0.15) is 8.42 Å². The molecule has 1 amide bonds. The number of nitrogens with one attached hydrogen (secondary N) is 2. The van der Waals surface area contributed by atoms with Gasteiger partial charge >= 0.3 is 0 Å². The maximum Gasteiger partial charge on any atom is 0.291 e. The van der Waals surface area contributed by atoms with Gasteiger partial charge < -0.3 is 9.47 Å². The molecular formula is C17H15ClN4O5S2. The first-order valence-electron chi connectivity index (χ1n) is 7.98. The van der Waals surface area contributed by atoms with Crippen molar-refractivity contribution in [2.75, 3.05) is 24.3 Å². The van der Waals surface area contributed by atoms with Crippen LogP contribution in [0, 0.1) is 0 Å². The van der Waals surface area contributed by atoms with Crippen molar-refractivity contribution in [3.63, 3.8) is 0 Å². The molecule has 2 aromatic carbocycles. The monoisotopic (exact) mass is 454 g/mol. The minimum atomic E-state index is -4.08. The second kappa shape index (κ2) is 8.64. The molecule has 12 heteroatoms. The number of hydrogen-bond donors (Lipinski definition) is 2. The fourth-order valence-electron chi connectivity index (χ4n) is 2.26. The Hall–Kier alpha value is -2.89. The molecular weight excluding hydrogens is 440 g/mol. The third-order valence-corrected chi connectivity index (χ3v) is 6.53. The smallest absolute Gasteiger partial charge is 0.291 e. The normalized spacial score (nSPS) is 11.0. The SMILES string of the molecule is COc1ccc(OC)c(NS(=O)(=O)c2nnc(NC(=O)c3ccccc3Cl)s2)c1. The number of amides is 1. The highest BCUT2D eigenvalue weighted by Gasteiger charge is 2.23. The van der Waals surface area contributed by atoms with Crippen LogP contribution < -0.4 is 19.5 Å². The predicted octanol–water partition coefficient (Wildman–Crippen LogP) is 3.26. The largest absolute Gasteiger partial charge is 0.497 e. The lowest BCUT2D eigenvalue weighted by Crippen LogP contribution is -2.13. The average molecular weight is 455 g/mol. The number of methoxy groups -OCH3 is 2. The van der Waals surface area contributed by atoms with E-state index in [9.17, 15) is 13.2 Å². The van der Waals surface area contributed by atoms with Gasteiger partial charge in [-0.05, 0) is 24.3 Å². The summed E-state index contributed by atoms with van der Waals surface area (Å²) in [5, 5.41) is 10.1. The number of aromatic nitrogens is 2. The van der Waals surface area contributed by atoms with E-state index < -0.39 is 15.9 Å². The molecule has 0 saturated heterocycles. The van der Waals surface area contributed by atoms with Crippen LogP contribution in [0.4, 0.5) is 10.8 Å². The summed E-state index contributed by atoms with van der Waals surface area (Å²) < 4.78 is 37.6. The number of ether oxygens (including phenoxy) is 2. The van der Waals surface area contributed by atoms with E-state index in [0.717, 1.165) is 0 Å². The van der Waals surface area contributed by atoms with E-state index in [-0.39, 0.29) is 25.7 Å². The van der Waals surface area contributed by atoms with Gasteiger partial charge in [0, 0.05) is 6.07 Å². The van der Waals surface area contributed by atoms with E-state index in [4.69, 9.17) is 21.1 Å². The first-order valence-corrected chi connectivity index (χ1v) is 10.7. The third-order valence-electron chi connectivity index (χ3n) is 3.63. The number of carbonyl (C=O) groups excluding carboxylic acids is 1. The van der Waals surface area contributed by atoms with E-state index in [2.05, 4.69) is 20.2 Å². The molecule has 0 aliphatic carbocycles. The Labute approximate surface area is 175 Å². The minimum absolute atomic E-state index is 0.00732. The van der Waals surface area contributed by atoms with Crippen LogP contribution in [0.2, 0.25) is 5.02 Å². The summed E-state index contributed by atoms with van der Waals surface area (Å²) >= 11 is 6.68. The van der Waals surface area contributed by atoms with Crippen LogP contribution >= 0.6 is 22.9 Å². The molecule has 0 spiro atoms. The van der Waals surface area contributed by atoms with Crippen molar-refractivity contribution in [1.82, 2.24) is 10.2 Å². The first kappa shape index (κ1) is 20.8. The van der Waals surface area contributed by atoms with E-state index >= 15 is 0 Å². The Morgan fingerprint density at radius 2 is 1.86 bits per heavy atom. The number of benzene rings is 2. The van der Waals surface area contributed by atoms with Crippen LogP contribution in [0.25, 0.3) is 0 Å². The van der Waals surface area contributed by atoms with Crippen molar-refractivity contribution in [1.29, 1.82) is 0 Å². The highest BCUT2D eigenvalue weighted by atomic mass is 35.5. The van der Waals surface area contributed by atoms with Crippen molar-refractivity contribution in [2.24, 2.45) is 0 Å². The fourth-order valence-corrected chi connectivity index (χ4v) is 4.44. The molecule has 1 aromatic heterocycles. The lowest BCUT2D eigenvalue weighted by atomic mass is 10.2. The lowest BCUT2D eigenvalue weighted by molar-refractivity contribution is 0.102. The zero-order chi connectivity index (χ0) is 21.0. The van der Waals surface area contributed by atoms with Crippen LogP contribution in [0.5, 0.6) is 11.5 Å². The quantitative estimate of drug-likeness (QED) is 0.525. The molecule has 0 atom stereocenters. The summed E-state index contributed by atoms with van der Waals surface area (Å²) in [4.78, 5) is 12.3. The molecule has 0 aliphatic rings. The topological polar surface area (TPSA) is 120 Å². The summed E-state index contributed by atoms with van der Waals surface area (Å²) in [5.41, 5.74) is 0.400. The second-order valence-corrected chi connectivity index (χ2v) is 8.72. The lowest BCUT2D eigenvalue weighted by Gasteiger charge is -2.11. The van der Waals surface area contributed by atoms with Crippen molar-refractivity contribution < 1.29 is 22.7 Å². The van der Waals surface area contributed by atoms with Crippen LogP contribution in [0.3, 0.4) is 0 Å². The van der Waals surface area contributed by atoms with Gasteiger partial charge in [0.1, 0.15) is 11.5 Å². The first-order chi connectivity index (χ1) is 13.8. The van der Waals surface area contributed by atoms with Gasteiger partial charge in [0.05, 0.1) is 30.5 Å². The van der Waals surface area contributed by atoms with Gasteiger partial charge in [0.2, 0.25) is 5.13 Å². The van der Waals surface area contributed by atoms with Gasteiger partial charge in [0.15, 0.2) is 0 Å². The zero-order valence-electron chi connectivity index (χ0n) is 15.2. The Morgan fingerprint density at radius 3 is 2.55 bits per heavy atom. The molecule has 0 fully saturated rings. The number of nitrogens with zero attached hydrogens (tertiary/aromatic N) is 2. The molecule has 0 unspecified atom stereocenters. The van der Waals surface area contributed by atoms with Crippen molar-refractivity contribution >= 4 is 49.7 Å². The zero-order valence-corrected chi connectivity index (χ0v) is 17.6. The van der Waals surface area contributed by atoms with Gasteiger partial charge in [-0.1, -0.05) is 35.1 Å². The number of anilines is 2. The maximum atomic E-state index is 12.7. The van der Waals surface area contributed by atoms with E-state index in [1.165, 1.54) is 26.4 Å². The average Bonchev–Trinajstić information content (AvgIpc) is 3.17. The van der Waals surface area contributed by atoms with Gasteiger partial charge in [-0.15, -0.1) is 10.2 Å². The van der Waals surface area contributed by atoms with E-state index in [1.54, 1.807) is 30.3 Å². The molecule has 152 valence electrons. The van der Waals surface area contributed by atoms with Crippen LogP contribution in [0.1, 0.15) is 10.4 Å². The number of sulfonamides is 1. The van der Waals surface area contributed by atoms with Crippen molar-refractivity contribution in [3.05, 3.63) is 53.1 Å². The number of hydrogen-bond acceptors (Lipinski definition) is 8. The fraction of sp³-hybridized carbons (Fsp3) is 0.118. The molecule has 29 heavy (non-hydrogen) atoms. The molecule has 0 aliphatic heterocycles. The Bertz CT molecular complexity index is 1150. The van der Waals surface area contributed by atoms with E-state index in [1.807, 2.05) is 0 Å². The van der Waals surface area contributed by atoms with Crippen LogP contribution in [-0.2, 0) is 10.0 Å². The molecule has 3 aromatic rings. The summed E-state index contributed by atoms with van der Waals surface area (Å²) in [7, 11) is -1.21. The standard InChI is InChI=1S/C17H15ClN4O5S2/c1-26-10-7-8-14(27-2)13(9-10)22-29(24,25)17-21-20-16(28-17)19-15(23)11-5-3-4-6-12(11)18/h3-9,22H,1-2H3,(H,19,20,23). The van der Waals surface area contributed by atoms with Gasteiger partial charge in [0.25, 0.3) is 20.3 Å². The Morgan fingerprint density at radius 1 is 1.10 bits per heavy atom. The molecule has 0 saturated carbocycles. The van der Waals surface area contributed by atoms with Crippen LogP contribution in [0.15, 0.2) is 46.8 Å². The number of rotatable bonds is 7. The maximum absolute atomic E-state index is 12.7. The Kier molecular flexibility index (Phi) is 6.20. The van der Waals surface area contributed by atoms with E-state index in [0.29, 0.717) is 22.8 Å². The molecule has 9 nitrogen and oxygen atoms in total. The van der Waals surface area contributed by atoms with Crippen molar-refractivity contribution in [2.45, 2.75) is 4.34 Å². The summed E-state index contributed by atoms with van der Waals surface area (Å²) in [6.45, 7) is 0. The second-order valence-electron chi connectivity index (χ2n) is 5.48. The minimum Gasteiger partial charge on any atom is -0.497 e. The summed E-state index contributed by atoms with van der Waals surface area (Å²) in [6.07, 6.45) is 0. The molecule has 3 rings (SSSR count). The summed E-state index contributed by atoms with van der Waals surface area (Å²) in [6, 6.07) is 11.1. The molecule has 1 heterocycles. The molecule has 0 radical (unpaired) electrons. The van der Waals surface area contributed by atoms with Crippen molar-refractivity contribution in [3.8, 4) is 11.5 Å². The Balaban J connectivity index is 1.81. The number of carbonyl (C=O) groups is 1. The predicted molar refractivity (Wildman–Crippen MR) is 110 cm³/mol. The summed E-state index contributed by atoms with van der Waals surface area (Å²) in [5.74, 6) is 0.206. The third kappa shape index (κ3) is 4.75. The van der Waals surface area contributed by atoms with Gasteiger partial charge in [-0.3, -0.25) is 14.8 Å². The highest BCUT2D eigenvalue weighted by molar-refractivity contribution is 7.94. The highest BCUT2D eigenvalue weighted by Crippen LogP contribution is 2.32. The molecule has 2 N–H and O–H groups in total. The number of halogens is 1.